The largest absolute Gasteiger partial charge is 0.375 e. The number of nitrogens with zero attached hydrogens (tertiary/aromatic N) is 3. The van der Waals surface area contributed by atoms with Crippen LogP contribution in [0.5, 0.6) is 0 Å². The predicted molar refractivity (Wildman–Crippen MR) is 85.4 cm³/mol. The van der Waals surface area contributed by atoms with Gasteiger partial charge in [0.2, 0.25) is 0 Å². The van der Waals surface area contributed by atoms with Gasteiger partial charge >= 0.3 is 0 Å². The zero-order valence-corrected chi connectivity index (χ0v) is 12.8. The van der Waals surface area contributed by atoms with Crippen LogP contribution in [-0.2, 0) is 6.54 Å². The Balaban J connectivity index is 2.05. The van der Waals surface area contributed by atoms with Crippen LogP contribution in [0.3, 0.4) is 0 Å². The van der Waals surface area contributed by atoms with Gasteiger partial charge in [-0.15, -0.1) is 0 Å². The molecule has 4 heteroatoms. The lowest BCUT2D eigenvalue weighted by atomic mass is 10.1. The maximum atomic E-state index is 12.4. The Morgan fingerprint density at radius 1 is 1.10 bits per heavy atom. The highest BCUT2D eigenvalue weighted by atomic mass is 16.2. The van der Waals surface area contributed by atoms with Crippen molar-refractivity contribution in [3.8, 4) is 0 Å². The maximum Gasteiger partial charge on any atom is 0.253 e. The highest BCUT2D eigenvalue weighted by molar-refractivity contribution is 5.94. The minimum atomic E-state index is 0.00588. The Kier molecular flexibility index (Phi) is 4.93. The lowest BCUT2D eigenvalue weighted by Gasteiger charge is -2.19. The van der Waals surface area contributed by atoms with E-state index in [1.54, 1.807) is 18.1 Å². The Morgan fingerprint density at radius 3 is 2.38 bits per heavy atom. The number of amides is 1. The van der Waals surface area contributed by atoms with Gasteiger partial charge in [-0.2, -0.15) is 0 Å². The van der Waals surface area contributed by atoms with Gasteiger partial charge < -0.3 is 9.80 Å². The average Bonchev–Trinajstić information content (AvgIpc) is 2.54. The van der Waals surface area contributed by atoms with Crippen molar-refractivity contribution >= 4 is 11.6 Å². The molecule has 1 heterocycles. The van der Waals surface area contributed by atoms with Crippen LogP contribution in [0.2, 0.25) is 0 Å². The van der Waals surface area contributed by atoms with E-state index in [0.717, 1.165) is 17.9 Å². The summed E-state index contributed by atoms with van der Waals surface area (Å²) in [6, 6.07) is 13.4. The molecule has 4 nitrogen and oxygen atoms in total. The van der Waals surface area contributed by atoms with Crippen LogP contribution in [0.25, 0.3) is 0 Å². The Bertz CT molecular complexity index is 581. The van der Waals surface area contributed by atoms with Crippen molar-refractivity contribution in [2.75, 3.05) is 25.5 Å². The number of rotatable bonds is 5. The first-order valence-corrected chi connectivity index (χ1v) is 7.08. The van der Waals surface area contributed by atoms with E-state index in [0.29, 0.717) is 12.1 Å². The number of hydrogen-bond acceptors (Lipinski definition) is 3. The van der Waals surface area contributed by atoms with E-state index in [-0.39, 0.29) is 5.91 Å². The second-order valence-electron chi connectivity index (χ2n) is 5.04. The summed E-state index contributed by atoms with van der Waals surface area (Å²) in [6.07, 6.45) is 1.74. The molecular formula is C17H21N3O. The summed E-state index contributed by atoms with van der Waals surface area (Å²) in [6.45, 7) is 3.54. The smallest absolute Gasteiger partial charge is 0.253 e. The van der Waals surface area contributed by atoms with Gasteiger partial charge in [0, 0.05) is 38.1 Å². The van der Waals surface area contributed by atoms with Crippen molar-refractivity contribution in [1.29, 1.82) is 0 Å². The zero-order chi connectivity index (χ0) is 15.2. The summed E-state index contributed by atoms with van der Waals surface area (Å²) < 4.78 is 0. The molecule has 110 valence electrons. The van der Waals surface area contributed by atoms with E-state index >= 15 is 0 Å². The SMILES string of the molecule is CCN(C)c1ccc(C(=O)N(C)Cc2ccccn2)cc1. The number of hydrogen-bond donors (Lipinski definition) is 0. The molecule has 1 aromatic carbocycles. The van der Waals surface area contributed by atoms with Gasteiger partial charge in [-0.25, -0.2) is 0 Å². The van der Waals surface area contributed by atoms with Gasteiger partial charge in [-0.1, -0.05) is 6.07 Å². The van der Waals surface area contributed by atoms with Crippen molar-refractivity contribution in [1.82, 2.24) is 9.88 Å². The van der Waals surface area contributed by atoms with Crippen molar-refractivity contribution < 1.29 is 4.79 Å². The molecule has 0 fully saturated rings. The molecular weight excluding hydrogens is 262 g/mol. The average molecular weight is 283 g/mol. The number of pyridine rings is 1. The fourth-order valence-corrected chi connectivity index (χ4v) is 2.07. The molecule has 2 aromatic rings. The maximum absolute atomic E-state index is 12.4. The monoisotopic (exact) mass is 283 g/mol. The molecule has 0 bridgehead atoms. The molecule has 0 saturated carbocycles. The van der Waals surface area contributed by atoms with Gasteiger partial charge in [0.15, 0.2) is 0 Å². The molecule has 0 unspecified atom stereocenters. The van der Waals surface area contributed by atoms with Gasteiger partial charge in [-0.3, -0.25) is 9.78 Å². The summed E-state index contributed by atoms with van der Waals surface area (Å²) >= 11 is 0. The number of carbonyl (C=O) groups is 1. The van der Waals surface area contributed by atoms with E-state index in [1.165, 1.54) is 0 Å². The fraction of sp³-hybridized carbons (Fsp3) is 0.294. The van der Waals surface area contributed by atoms with Crippen LogP contribution in [0.4, 0.5) is 5.69 Å². The summed E-state index contributed by atoms with van der Waals surface area (Å²) in [4.78, 5) is 20.4. The number of anilines is 1. The van der Waals surface area contributed by atoms with E-state index in [2.05, 4.69) is 16.8 Å². The van der Waals surface area contributed by atoms with Crippen LogP contribution in [0.1, 0.15) is 23.0 Å². The van der Waals surface area contributed by atoms with Crippen molar-refractivity contribution in [3.05, 3.63) is 59.9 Å². The summed E-state index contributed by atoms with van der Waals surface area (Å²) in [5, 5.41) is 0. The number of aromatic nitrogens is 1. The highest BCUT2D eigenvalue weighted by Crippen LogP contribution is 2.15. The third-order valence-corrected chi connectivity index (χ3v) is 3.50. The fourth-order valence-electron chi connectivity index (χ4n) is 2.07. The topological polar surface area (TPSA) is 36.4 Å². The summed E-state index contributed by atoms with van der Waals surface area (Å²) in [7, 11) is 3.83. The quantitative estimate of drug-likeness (QED) is 0.846. The number of carbonyl (C=O) groups excluding carboxylic acids is 1. The van der Waals surface area contributed by atoms with Gasteiger partial charge in [0.25, 0.3) is 5.91 Å². The highest BCUT2D eigenvalue weighted by Gasteiger charge is 2.12. The van der Waals surface area contributed by atoms with E-state index in [9.17, 15) is 4.79 Å². The summed E-state index contributed by atoms with van der Waals surface area (Å²) in [5.41, 5.74) is 2.69. The Hall–Kier alpha value is -2.36. The molecule has 0 aliphatic rings. The van der Waals surface area contributed by atoms with E-state index < -0.39 is 0 Å². The predicted octanol–water partition coefficient (Wildman–Crippen LogP) is 2.81. The van der Waals surface area contributed by atoms with E-state index in [1.807, 2.05) is 49.5 Å². The standard InChI is InChI=1S/C17H21N3O/c1-4-19(2)16-10-8-14(9-11-16)17(21)20(3)13-15-7-5-6-12-18-15/h5-12H,4,13H2,1-3H3. The third kappa shape index (κ3) is 3.81. The normalized spacial score (nSPS) is 10.2. The molecule has 1 amide bonds. The first-order chi connectivity index (χ1) is 10.1. The van der Waals surface area contributed by atoms with Gasteiger partial charge in [0.1, 0.15) is 0 Å². The zero-order valence-electron chi connectivity index (χ0n) is 12.8. The van der Waals surface area contributed by atoms with Crippen molar-refractivity contribution in [3.63, 3.8) is 0 Å². The molecule has 0 N–H and O–H groups in total. The molecule has 1 aromatic heterocycles. The van der Waals surface area contributed by atoms with Crippen LogP contribution in [0.15, 0.2) is 48.7 Å². The first kappa shape index (κ1) is 15.0. The minimum absolute atomic E-state index is 0.00588. The summed E-state index contributed by atoms with van der Waals surface area (Å²) in [5.74, 6) is 0.00588. The van der Waals surface area contributed by atoms with Crippen LogP contribution in [0, 0.1) is 0 Å². The first-order valence-electron chi connectivity index (χ1n) is 7.08. The minimum Gasteiger partial charge on any atom is -0.375 e. The van der Waals surface area contributed by atoms with Gasteiger partial charge in [0.05, 0.1) is 12.2 Å². The Morgan fingerprint density at radius 2 is 1.81 bits per heavy atom. The lowest BCUT2D eigenvalue weighted by molar-refractivity contribution is 0.0783. The molecule has 0 radical (unpaired) electrons. The lowest BCUT2D eigenvalue weighted by Crippen LogP contribution is -2.26. The molecule has 0 saturated heterocycles. The van der Waals surface area contributed by atoms with Crippen molar-refractivity contribution in [2.45, 2.75) is 13.5 Å². The van der Waals surface area contributed by atoms with E-state index in [4.69, 9.17) is 0 Å². The molecule has 21 heavy (non-hydrogen) atoms. The number of benzene rings is 1. The molecule has 0 aliphatic heterocycles. The molecule has 0 atom stereocenters. The van der Waals surface area contributed by atoms with Gasteiger partial charge in [-0.05, 0) is 43.3 Å². The second kappa shape index (κ2) is 6.88. The van der Waals surface area contributed by atoms with Crippen LogP contribution < -0.4 is 4.90 Å². The molecule has 0 spiro atoms. The Labute approximate surface area is 126 Å². The molecule has 0 aliphatic carbocycles. The van der Waals surface area contributed by atoms with Crippen molar-refractivity contribution in [2.24, 2.45) is 0 Å². The van der Waals surface area contributed by atoms with Crippen LogP contribution in [-0.4, -0.2) is 36.4 Å². The third-order valence-electron chi connectivity index (χ3n) is 3.50. The molecule has 2 rings (SSSR count). The van der Waals surface area contributed by atoms with Crippen LogP contribution >= 0.6 is 0 Å². The second-order valence-corrected chi connectivity index (χ2v) is 5.04.